The Bertz CT molecular complexity index is 758. The number of nitrogens with two attached hydrogens (primary N) is 1. The molecule has 1 amide bonds. The predicted molar refractivity (Wildman–Crippen MR) is 103 cm³/mol. The van der Waals surface area contributed by atoms with Crippen LogP contribution >= 0.6 is 0 Å². The number of hydrogen-bond acceptors (Lipinski definition) is 2. The fourth-order valence-corrected chi connectivity index (χ4v) is 3.45. The van der Waals surface area contributed by atoms with Gasteiger partial charge in [0.1, 0.15) is 0 Å². The molecule has 0 spiro atoms. The molecule has 2 aromatic rings. The van der Waals surface area contributed by atoms with Gasteiger partial charge in [0.05, 0.1) is 0 Å². The van der Waals surface area contributed by atoms with Crippen LogP contribution in [-0.4, -0.2) is 23.9 Å². The van der Waals surface area contributed by atoms with E-state index in [1.807, 2.05) is 29.2 Å². The second-order valence-corrected chi connectivity index (χ2v) is 6.74. The Morgan fingerprint density at radius 2 is 1.92 bits per heavy atom. The molecule has 0 bridgehead atoms. The van der Waals surface area contributed by atoms with Crippen LogP contribution in [0.25, 0.3) is 6.08 Å². The fraction of sp³-hybridized carbons (Fsp3) is 0.318. The van der Waals surface area contributed by atoms with Crippen LogP contribution in [0.4, 0.5) is 0 Å². The molecule has 1 saturated heterocycles. The molecule has 2 N–H and O–H groups in total. The summed E-state index contributed by atoms with van der Waals surface area (Å²) in [5.74, 6) is 0.633. The van der Waals surface area contributed by atoms with Crippen LogP contribution in [-0.2, 0) is 11.3 Å². The molecule has 0 aliphatic carbocycles. The maximum atomic E-state index is 12.4. The number of benzene rings is 2. The highest BCUT2D eigenvalue weighted by molar-refractivity contribution is 5.92. The number of carbonyl (C=O) groups excluding carboxylic acids is 1. The Morgan fingerprint density at radius 3 is 2.64 bits per heavy atom. The maximum absolute atomic E-state index is 12.4. The van der Waals surface area contributed by atoms with Gasteiger partial charge < -0.3 is 10.6 Å². The van der Waals surface area contributed by atoms with E-state index >= 15 is 0 Å². The monoisotopic (exact) mass is 334 g/mol. The molecule has 1 fully saturated rings. The summed E-state index contributed by atoms with van der Waals surface area (Å²) in [6, 6.07) is 16.6. The van der Waals surface area contributed by atoms with Crippen molar-refractivity contribution in [3.63, 3.8) is 0 Å². The zero-order chi connectivity index (χ0) is 17.6. The van der Waals surface area contributed by atoms with Crippen LogP contribution in [0.5, 0.6) is 0 Å². The van der Waals surface area contributed by atoms with Gasteiger partial charge in [-0.3, -0.25) is 4.79 Å². The van der Waals surface area contributed by atoms with E-state index in [9.17, 15) is 4.79 Å². The van der Waals surface area contributed by atoms with Crippen LogP contribution in [0.3, 0.4) is 0 Å². The molecule has 25 heavy (non-hydrogen) atoms. The molecule has 0 radical (unpaired) electrons. The minimum absolute atomic E-state index is 0.109. The zero-order valence-electron chi connectivity index (χ0n) is 14.8. The summed E-state index contributed by atoms with van der Waals surface area (Å²) in [6.45, 7) is 4.27. The first-order valence-electron chi connectivity index (χ1n) is 8.99. The van der Waals surface area contributed by atoms with Gasteiger partial charge in [0.15, 0.2) is 0 Å². The number of amides is 1. The zero-order valence-corrected chi connectivity index (χ0v) is 14.8. The van der Waals surface area contributed by atoms with Crippen molar-refractivity contribution in [3.05, 3.63) is 76.9 Å². The standard InChI is InChI=1S/C22H26N2O/c1-17-5-2-3-7-19(17)9-10-22(25)24-13-11-20(12-14-24)21-8-4-6-18(15-21)16-23/h2-10,15,20H,11-14,16,23H2,1H3/b10-9+. The van der Waals surface area contributed by atoms with Crippen molar-refractivity contribution in [1.29, 1.82) is 0 Å². The SMILES string of the molecule is Cc1ccccc1/C=C/C(=O)N1CCC(c2cccc(CN)c2)CC1. The van der Waals surface area contributed by atoms with E-state index in [0.29, 0.717) is 12.5 Å². The van der Waals surface area contributed by atoms with Crippen LogP contribution in [0, 0.1) is 6.92 Å². The van der Waals surface area contributed by atoms with Crippen molar-refractivity contribution < 1.29 is 4.79 Å². The first kappa shape index (κ1) is 17.4. The van der Waals surface area contributed by atoms with Gasteiger partial charge in [-0.2, -0.15) is 0 Å². The van der Waals surface area contributed by atoms with Crippen molar-refractivity contribution in [2.24, 2.45) is 5.73 Å². The van der Waals surface area contributed by atoms with E-state index in [4.69, 9.17) is 5.73 Å². The van der Waals surface area contributed by atoms with Gasteiger partial charge in [-0.25, -0.2) is 0 Å². The van der Waals surface area contributed by atoms with Gasteiger partial charge in [0.25, 0.3) is 0 Å². The van der Waals surface area contributed by atoms with Crippen LogP contribution < -0.4 is 5.73 Å². The predicted octanol–water partition coefficient (Wildman–Crippen LogP) is 3.87. The van der Waals surface area contributed by atoms with Gasteiger partial charge in [-0.05, 0) is 54.0 Å². The number of likely N-dealkylation sites (tertiary alicyclic amines) is 1. The van der Waals surface area contributed by atoms with Crippen molar-refractivity contribution >= 4 is 12.0 Å². The van der Waals surface area contributed by atoms with E-state index < -0.39 is 0 Å². The molecule has 0 unspecified atom stereocenters. The molecule has 0 aromatic heterocycles. The largest absolute Gasteiger partial charge is 0.339 e. The molecule has 1 heterocycles. The molecular weight excluding hydrogens is 308 g/mol. The summed E-state index contributed by atoms with van der Waals surface area (Å²) in [5, 5.41) is 0. The molecular formula is C22H26N2O. The molecule has 3 heteroatoms. The number of nitrogens with zero attached hydrogens (tertiary/aromatic N) is 1. The quantitative estimate of drug-likeness (QED) is 0.863. The van der Waals surface area contributed by atoms with Gasteiger partial charge in [-0.1, -0.05) is 48.5 Å². The third-order valence-electron chi connectivity index (χ3n) is 5.06. The van der Waals surface area contributed by atoms with Gasteiger partial charge in [0.2, 0.25) is 5.91 Å². The third-order valence-corrected chi connectivity index (χ3v) is 5.06. The van der Waals surface area contributed by atoms with E-state index in [1.54, 1.807) is 6.08 Å². The minimum Gasteiger partial charge on any atom is -0.339 e. The van der Waals surface area contributed by atoms with Gasteiger partial charge in [0, 0.05) is 25.7 Å². The van der Waals surface area contributed by atoms with E-state index in [1.165, 1.54) is 16.7 Å². The van der Waals surface area contributed by atoms with Crippen LogP contribution in [0.1, 0.15) is 41.0 Å². The lowest BCUT2D eigenvalue weighted by Gasteiger charge is -2.31. The lowest BCUT2D eigenvalue weighted by Crippen LogP contribution is -2.36. The molecule has 1 aliphatic heterocycles. The Hall–Kier alpha value is -2.39. The molecule has 130 valence electrons. The second-order valence-electron chi connectivity index (χ2n) is 6.74. The highest BCUT2D eigenvalue weighted by Gasteiger charge is 2.22. The van der Waals surface area contributed by atoms with Crippen molar-refractivity contribution in [2.45, 2.75) is 32.2 Å². The van der Waals surface area contributed by atoms with Gasteiger partial charge >= 0.3 is 0 Å². The first-order valence-corrected chi connectivity index (χ1v) is 8.99. The van der Waals surface area contributed by atoms with Crippen molar-refractivity contribution in [2.75, 3.05) is 13.1 Å². The third kappa shape index (κ3) is 4.37. The van der Waals surface area contributed by atoms with Crippen LogP contribution in [0.2, 0.25) is 0 Å². The second kappa shape index (κ2) is 8.13. The number of rotatable bonds is 4. The minimum atomic E-state index is 0.109. The average Bonchev–Trinajstić information content (AvgIpc) is 2.67. The van der Waals surface area contributed by atoms with Gasteiger partial charge in [-0.15, -0.1) is 0 Å². The van der Waals surface area contributed by atoms with Crippen LogP contribution in [0.15, 0.2) is 54.6 Å². The maximum Gasteiger partial charge on any atom is 0.246 e. The number of hydrogen-bond donors (Lipinski definition) is 1. The first-order chi connectivity index (χ1) is 12.2. The Morgan fingerprint density at radius 1 is 1.16 bits per heavy atom. The summed E-state index contributed by atoms with van der Waals surface area (Å²) in [4.78, 5) is 14.4. The molecule has 3 nitrogen and oxygen atoms in total. The number of carbonyl (C=O) groups is 1. The Balaban J connectivity index is 1.58. The summed E-state index contributed by atoms with van der Waals surface area (Å²) in [6.07, 6.45) is 5.65. The highest BCUT2D eigenvalue weighted by atomic mass is 16.2. The summed E-state index contributed by atoms with van der Waals surface area (Å²) in [7, 11) is 0. The topological polar surface area (TPSA) is 46.3 Å². The molecule has 2 aromatic carbocycles. The van der Waals surface area contributed by atoms with Crippen molar-refractivity contribution in [3.8, 4) is 0 Å². The Kier molecular flexibility index (Phi) is 5.67. The lowest BCUT2D eigenvalue weighted by atomic mass is 9.88. The molecule has 0 atom stereocenters. The number of piperidine rings is 1. The molecule has 0 saturated carbocycles. The molecule has 1 aliphatic rings. The fourth-order valence-electron chi connectivity index (χ4n) is 3.45. The normalized spacial score (nSPS) is 15.7. The van der Waals surface area contributed by atoms with E-state index in [0.717, 1.165) is 31.5 Å². The summed E-state index contributed by atoms with van der Waals surface area (Å²) >= 11 is 0. The average molecular weight is 334 g/mol. The highest BCUT2D eigenvalue weighted by Crippen LogP contribution is 2.28. The van der Waals surface area contributed by atoms with E-state index in [2.05, 4.69) is 37.3 Å². The van der Waals surface area contributed by atoms with Crippen molar-refractivity contribution in [1.82, 2.24) is 4.90 Å². The smallest absolute Gasteiger partial charge is 0.246 e. The Labute approximate surface area is 150 Å². The lowest BCUT2D eigenvalue weighted by molar-refractivity contribution is -0.126. The molecule has 3 rings (SSSR count). The van der Waals surface area contributed by atoms with E-state index in [-0.39, 0.29) is 5.91 Å². The summed E-state index contributed by atoms with van der Waals surface area (Å²) < 4.78 is 0. The summed E-state index contributed by atoms with van der Waals surface area (Å²) in [5.41, 5.74) is 10.6. The number of aryl methyl sites for hydroxylation is 1.